The number of phosphoric acid groups is 1. The van der Waals surface area contributed by atoms with E-state index in [0.717, 1.165) is 19.3 Å². The molecule has 0 saturated heterocycles. The Morgan fingerprint density at radius 1 is 0.482 bits per heavy atom. The van der Waals surface area contributed by atoms with Crippen molar-refractivity contribution in [2.45, 2.75) is 243 Å². The van der Waals surface area contributed by atoms with Gasteiger partial charge in [-0.15, -0.1) is 0 Å². The highest BCUT2D eigenvalue weighted by Crippen LogP contribution is 2.47. The number of ether oxygens (including phenoxy) is 2. The van der Waals surface area contributed by atoms with E-state index < -0.39 is 75.7 Å². The van der Waals surface area contributed by atoms with Gasteiger partial charge in [0.1, 0.15) is 43.2 Å². The summed E-state index contributed by atoms with van der Waals surface area (Å²) in [6.45, 7) is 2.86. The van der Waals surface area contributed by atoms with Crippen molar-refractivity contribution in [2.24, 2.45) is 0 Å². The first kappa shape index (κ1) is 52.9. The van der Waals surface area contributed by atoms with Crippen molar-refractivity contribution in [3.05, 3.63) is 0 Å². The Morgan fingerprint density at radius 3 is 1.21 bits per heavy atom. The van der Waals surface area contributed by atoms with E-state index >= 15 is 0 Å². The fourth-order valence-electron chi connectivity index (χ4n) is 7.09. The molecule has 0 amide bonds. The first-order chi connectivity index (χ1) is 26.9. The molecule has 56 heavy (non-hydrogen) atoms. The Labute approximate surface area is 338 Å². The van der Waals surface area contributed by atoms with Crippen LogP contribution in [0.3, 0.4) is 0 Å². The summed E-state index contributed by atoms with van der Waals surface area (Å²) in [5.41, 5.74) is 0. The summed E-state index contributed by atoms with van der Waals surface area (Å²) in [7, 11) is -5.08. The van der Waals surface area contributed by atoms with Gasteiger partial charge in [0.2, 0.25) is 0 Å². The van der Waals surface area contributed by atoms with E-state index in [1.807, 2.05) is 0 Å². The van der Waals surface area contributed by atoms with Gasteiger partial charge in [-0.05, 0) is 12.8 Å². The topological polar surface area (TPSA) is 210 Å². The lowest BCUT2D eigenvalue weighted by atomic mass is 9.85. The molecule has 8 atom stereocenters. The third-order valence-corrected chi connectivity index (χ3v) is 11.7. The van der Waals surface area contributed by atoms with Gasteiger partial charge in [-0.25, -0.2) is 4.57 Å². The Kier molecular flexibility index (Phi) is 31.8. The molecule has 0 aromatic heterocycles. The molecule has 332 valence electrons. The predicted molar refractivity (Wildman–Crippen MR) is 217 cm³/mol. The van der Waals surface area contributed by atoms with Crippen LogP contribution < -0.4 is 0 Å². The van der Waals surface area contributed by atoms with Crippen LogP contribution in [0.25, 0.3) is 0 Å². The normalized spacial score (nSPS) is 22.8. The van der Waals surface area contributed by atoms with E-state index in [4.69, 9.17) is 18.5 Å². The molecular weight excluding hydrogens is 743 g/mol. The molecule has 6 unspecified atom stereocenters. The van der Waals surface area contributed by atoms with Crippen LogP contribution in [0.5, 0.6) is 0 Å². The molecule has 0 spiro atoms. The number of rotatable bonds is 37. The monoisotopic (exact) mass is 825 g/mol. The van der Waals surface area contributed by atoms with E-state index in [9.17, 15) is 44.6 Å². The quantitative estimate of drug-likeness (QED) is 0.0199. The van der Waals surface area contributed by atoms with E-state index in [1.165, 1.54) is 141 Å². The minimum Gasteiger partial charge on any atom is -0.462 e. The van der Waals surface area contributed by atoms with Crippen LogP contribution in [0.4, 0.5) is 0 Å². The third kappa shape index (κ3) is 26.1. The van der Waals surface area contributed by atoms with Gasteiger partial charge >= 0.3 is 19.8 Å². The van der Waals surface area contributed by atoms with Gasteiger partial charge in [0.05, 0.1) is 6.61 Å². The smallest absolute Gasteiger partial charge is 0.462 e. The summed E-state index contributed by atoms with van der Waals surface area (Å²) in [5.74, 6) is -1.15. The molecule has 1 aliphatic rings. The van der Waals surface area contributed by atoms with Crippen LogP contribution in [0.2, 0.25) is 0 Å². The molecule has 1 saturated carbocycles. The number of hydrogen-bond donors (Lipinski definition) is 6. The molecule has 0 aromatic rings. The zero-order valence-corrected chi connectivity index (χ0v) is 35.8. The van der Waals surface area contributed by atoms with Crippen molar-refractivity contribution >= 4 is 19.8 Å². The van der Waals surface area contributed by atoms with Gasteiger partial charge < -0.3 is 39.9 Å². The zero-order valence-electron chi connectivity index (χ0n) is 34.9. The molecule has 14 heteroatoms. The van der Waals surface area contributed by atoms with Crippen molar-refractivity contribution in [3.63, 3.8) is 0 Å². The highest BCUT2D eigenvalue weighted by molar-refractivity contribution is 7.47. The second-order valence-electron chi connectivity index (χ2n) is 15.9. The summed E-state index contributed by atoms with van der Waals surface area (Å²) in [6, 6.07) is 0. The van der Waals surface area contributed by atoms with Gasteiger partial charge in [0.25, 0.3) is 0 Å². The Bertz CT molecular complexity index is 1000. The maximum absolute atomic E-state index is 12.6. The minimum atomic E-state index is -5.08. The average Bonchev–Trinajstić information content (AvgIpc) is 3.17. The predicted octanol–water partition coefficient (Wildman–Crippen LogP) is 8.11. The van der Waals surface area contributed by atoms with Crippen LogP contribution in [0.15, 0.2) is 0 Å². The SMILES string of the molecule is CCCCCCCCCCCCCCCCCCCCCCCCCCCCC(=O)OC[C@H](COP(=O)(O)OC1C(O)C(O)C(O)[C@@H](O)C1O)OC(=O)CCC. The minimum absolute atomic E-state index is 0.0515. The number of carbonyl (C=O) groups excluding carboxylic acids is 2. The molecule has 0 aromatic carbocycles. The fraction of sp³-hybridized carbons (Fsp3) is 0.952. The molecule has 0 aliphatic heterocycles. The molecule has 1 rings (SSSR count). The van der Waals surface area contributed by atoms with Gasteiger partial charge in [0, 0.05) is 12.8 Å². The number of esters is 2. The number of aliphatic hydroxyl groups is 5. The molecular formula is C42H81O13P. The molecule has 1 aliphatic carbocycles. The van der Waals surface area contributed by atoms with Crippen molar-refractivity contribution in [2.75, 3.05) is 13.2 Å². The maximum Gasteiger partial charge on any atom is 0.472 e. The maximum atomic E-state index is 12.6. The molecule has 1 fully saturated rings. The zero-order chi connectivity index (χ0) is 41.4. The largest absolute Gasteiger partial charge is 0.472 e. The Hall–Kier alpha value is -1.15. The highest BCUT2D eigenvalue weighted by Gasteiger charge is 2.51. The van der Waals surface area contributed by atoms with Crippen LogP contribution in [-0.4, -0.2) is 98.3 Å². The first-order valence-corrected chi connectivity index (χ1v) is 23.8. The molecule has 13 nitrogen and oxygen atoms in total. The molecule has 6 N–H and O–H groups in total. The summed E-state index contributed by atoms with van der Waals surface area (Å²) < 4.78 is 32.7. The Morgan fingerprint density at radius 2 is 0.839 bits per heavy atom. The van der Waals surface area contributed by atoms with Crippen LogP contribution in [0.1, 0.15) is 200 Å². The lowest BCUT2D eigenvalue weighted by Crippen LogP contribution is -2.64. The van der Waals surface area contributed by atoms with Gasteiger partial charge in [-0.2, -0.15) is 0 Å². The average molecular weight is 825 g/mol. The van der Waals surface area contributed by atoms with Gasteiger partial charge in [-0.1, -0.05) is 174 Å². The lowest BCUT2D eigenvalue weighted by Gasteiger charge is -2.41. The second kappa shape index (κ2) is 33.7. The summed E-state index contributed by atoms with van der Waals surface area (Å²) in [5, 5.41) is 49.6. The second-order valence-corrected chi connectivity index (χ2v) is 17.3. The fourth-order valence-corrected chi connectivity index (χ4v) is 8.06. The number of carbonyl (C=O) groups is 2. The van der Waals surface area contributed by atoms with Crippen molar-refractivity contribution in [3.8, 4) is 0 Å². The van der Waals surface area contributed by atoms with E-state index in [-0.39, 0.29) is 12.8 Å². The third-order valence-electron chi connectivity index (χ3n) is 10.7. The van der Waals surface area contributed by atoms with E-state index in [0.29, 0.717) is 12.8 Å². The summed E-state index contributed by atoms with van der Waals surface area (Å²) >= 11 is 0. The molecule has 0 heterocycles. The number of aliphatic hydroxyl groups excluding tert-OH is 5. The van der Waals surface area contributed by atoms with E-state index in [1.54, 1.807) is 6.92 Å². The van der Waals surface area contributed by atoms with Crippen LogP contribution in [-0.2, 0) is 32.7 Å². The standard InChI is InChI=1S/C42H81O13P/c1-3-5-6-7-8-9-10-11-12-13-14-15-16-17-18-19-20-21-22-23-24-25-26-27-28-29-31-35(43)52-32-34(54-36(44)30-4-2)33-53-56(50,51)55-42-40(48)38(46)37(45)39(47)41(42)49/h34,37-42,45-49H,3-33H2,1-2H3,(H,50,51)/t34-,37?,38-,39?,40?,41?,42?/m1/s1. The number of hydrogen-bond acceptors (Lipinski definition) is 12. The summed E-state index contributed by atoms with van der Waals surface area (Å²) in [4.78, 5) is 34.6. The van der Waals surface area contributed by atoms with Crippen LogP contribution >= 0.6 is 7.82 Å². The van der Waals surface area contributed by atoms with Crippen molar-refractivity contribution in [1.29, 1.82) is 0 Å². The van der Waals surface area contributed by atoms with Crippen molar-refractivity contribution in [1.82, 2.24) is 0 Å². The number of unbranched alkanes of at least 4 members (excludes halogenated alkanes) is 25. The van der Waals surface area contributed by atoms with Crippen molar-refractivity contribution < 1.29 is 63.1 Å². The van der Waals surface area contributed by atoms with Gasteiger partial charge in [0.15, 0.2) is 6.10 Å². The number of phosphoric ester groups is 1. The highest BCUT2D eigenvalue weighted by atomic mass is 31.2. The lowest BCUT2D eigenvalue weighted by molar-refractivity contribution is -0.220. The molecule has 0 bridgehead atoms. The van der Waals surface area contributed by atoms with Crippen LogP contribution in [0, 0.1) is 0 Å². The first-order valence-electron chi connectivity index (χ1n) is 22.3. The molecule has 0 radical (unpaired) electrons. The Balaban J connectivity index is 2.07. The van der Waals surface area contributed by atoms with Gasteiger partial charge in [-0.3, -0.25) is 18.6 Å². The summed E-state index contributed by atoms with van der Waals surface area (Å²) in [6.07, 6.45) is 21.4. The van der Waals surface area contributed by atoms with E-state index in [2.05, 4.69) is 6.92 Å².